The molecule has 22 heavy (non-hydrogen) atoms. The van der Waals surface area contributed by atoms with Crippen LogP contribution in [0.4, 0.5) is 10.1 Å². The standard InChI is InChI=1S/C14H15FN2O3S2/c1-9-7-8-13(21-9)22(19,20)17-10(2)14(18)16-12-6-4-3-5-11(12)15/h3-8,10,17H,1-2H3,(H,16,18). The minimum atomic E-state index is -3.77. The summed E-state index contributed by atoms with van der Waals surface area (Å²) in [6.07, 6.45) is 0. The van der Waals surface area contributed by atoms with Gasteiger partial charge in [-0.05, 0) is 38.1 Å². The van der Waals surface area contributed by atoms with E-state index in [1.54, 1.807) is 19.1 Å². The quantitative estimate of drug-likeness (QED) is 0.877. The summed E-state index contributed by atoms with van der Waals surface area (Å²) in [5.41, 5.74) is 0.00511. The van der Waals surface area contributed by atoms with Gasteiger partial charge in [0, 0.05) is 4.88 Å². The second-order valence-corrected chi connectivity index (χ2v) is 7.91. The number of para-hydroxylation sites is 1. The highest BCUT2D eigenvalue weighted by Crippen LogP contribution is 2.20. The minimum Gasteiger partial charge on any atom is -0.322 e. The van der Waals surface area contributed by atoms with Gasteiger partial charge in [-0.25, -0.2) is 12.8 Å². The Morgan fingerprint density at radius 2 is 1.91 bits per heavy atom. The Balaban J connectivity index is 2.07. The number of anilines is 1. The Morgan fingerprint density at radius 3 is 2.50 bits per heavy atom. The molecule has 0 saturated heterocycles. The third-order valence-electron chi connectivity index (χ3n) is 2.84. The Kier molecular flexibility index (Phi) is 4.94. The van der Waals surface area contributed by atoms with Crippen LogP contribution in [0, 0.1) is 12.7 Å². The number of carbonyl (C=O) groups is 1. The maximum absolute atomic E-state index is 13.5. The lowest BCUT2D eigenvalue weighted by molar-refractivity contribution is -0.117. The number of aryl methyl sites for hydroxylation is 1. The lowest BCUT2D eigenvalue weighted by Crippen LogP contribution is -2.41. The van der Waals surface area contributed by atoms with Crippen LogP contribution in [-0.2, 0) is 14.8 Å². The van der Waals surface area contributed by atoms with E-state index in [0.29, 0.717) is 0 Å². The van der Waals surface area contributed by atoms with Gasteiger partial charge in [-0.15, -0.1) is 11.3 Å². The molecule has 0 spiro atoms. The number of rotatable bonds is 5. The first-order chi connectivity index (χ1) is 10.3. The molecule has 8 heteroatoms. The molecule has 1 unspecified atom stereocenters. The summed E-state index contributed by atoms with van der Waals surface area (Å²) in [6, 6.07) is 7.80. The molecule has 0 aliphatic carbocycles. The van der Waals surface area contributed by atoms with Gasteiger partial charge in [0.05, 0.1) is 11.7 Å². The predicted octanol–water partition coefficient (Wildman–Crippen LogP) is 2.50. The summed E-state index contributed by atoms with van der Waals surface area (Å²) < 4.78 is 40.1. The molecule has 2 aromatic rings. The topological polar surface area (TPSA) is 75.3 Å². The third kappa shape index (κ3) is 3.90. The van der Waals surface area contributed by atoms with Crippen molar-refractivity contribution in [2.75, 3.05) is 5.32 Å². The van der Waals surface area contributed by atoms with Gasteiger partial charge in [0.25, 0.3) is 10.0 Å². The van der Waals surface area contributed by atoms with Crippen molar-refractivity contribution in [1.82, 2.24) is 4.72 Å². The Labute approximate surface area is 132 Å². The Bertz CT molecular complexity index is 787. The normalized spacial score (nSPS) is 12.9. The molecule has 1 aromatic carbocycles. The fourth-order valence-electron chi connectivity index (χ4n) is 1.70. The number of hydrogen-bond donors (Lipinski definition) is 2. The van der Waals surface area contributed by atoms with Crippen molar-refractivity contribution in [2.24, 2.45) is 0 Å². The molecule has 1 amide bonds. The highest BCUT2D eigenvalue weighted by Gasteiger charge is 2.23. The fourth-order valence-corrected chi connectivity index (χ4v) is 4.21. The van der Waals surface area contributed by atoms with Gasteiger partial charge >= 0.3 is 0 Å². The summed E-state index contributed by atoms with van der Waals surface area (Å²) in [5, 5.41) is 2.35. The van der Waals surface area contributed by atoms with Gasteiger partial charge in [-0.2, -0.15) is 4.72 Å². The van der Waals surface area contributed by atoms with Gasteiger partial charge < -0.3 is 5.32 Å². The van der Waals surface area contributed by atoms with Gasteiger partial charge in [0.2, 0.25) is 5.91 Å². The summed E-state index contributed by atoms with van der Waals surface area (Å²) >= 11 is 1.11. The fraction of sp³-hybridized carbons (Fsp3) is 0.214. The van der Waals surface area contributed by atoms with Gasteiger partial charge in [0.15, 0.2) is 0 Å². The highest BCUT2D eigenvalue weighted by molar-refractivity contribution is 7.91. The first-order valence-electron chi connectivity index (χ1n) is 6.44. The van der Waals surface area contributed by atoms with Gasteiger partial charge in [-0.1, -0.05) is 12.1 Å². The Morgan fingerprint density at radius 1 is 1.23 bits per heavy atom. The van der Waals surface area contributed by atoms with E-state index in [1.165, 1.54) is 31.2 Å². The number of nitrogens with one attached hydrogen (secondary N) is 2. The molecule has 0 fully saturated rings. The van der Waals surface area contributed by atoms with Crippen LogP contribution in [0.2, 0.25) is 0 Å². The van der Waals surface area contributed by atoms with E-state index in [-0.39, 0.29) is 9.90 Å². The van der Waals surface area contributed by atoms with Crippen molar-refractivity contribution in [1.29, 1.82) is 0 Å². The van der Waals surface area contributed by atoms with Crippen molar-refractivity contribution in [2.45, 2.75) is 24.1 Å². The van der Waals surface area contributed by atoms with Crippen LogP contribution < -0.4 is 10.0 Å². The van der Waals surface area contributed by atoms with E-state index in [0.717, 1.165) is 16.2 Å². The van der Waals surface area contributed by atoms with E-state index in [4.69, 9.17) is 0 Å². The second kappa shape index (κ2) is 6.55. The Hall–Kier alpha value is -1.77. The van der Waals surface area contributed by atoms with E-state index >= 15 is 0 Å². The van der Waals surface area contributed by atoms with Crippen molar-refractivity contribution in [3.8, 4) is 0 Å². The second-order valence-electron chi connectivity index (χ2n) is 4.68. The molecule has 1 atom stereocenters. The summed E-state index contributed by atoms with van der Waals surface area (Å²) in [7, 11) is -3.77. The largest absolute Gasteiger partial charge is 0.322 e. The number of carbonyl (C=O) groups excluding carboxylic acids is 1. The molecule has 1 aromatic heterocycles. The zero-order valence-corrected chi connectivity index (χ0v) is 13.6. The van der Waals surface area contributed by atoms with E-state index in [2.05, 4.69) is 10.0 Å². The number of halogens is 1. The molecular formula is C14H15FN2O3S2. The van der Waals surface area contributed by atoms with Gasteiger partial charge in [0.1, 0.15) is 10.0 Å². The molecular weight excluding hydrogens is 327 g/mol. The lowest BCUT2D eigenvalue weighted by Gasteiger charge is -2.14. The van der Waals surface area contributed by atoms with Crippen molar-refractivity contribution >= 4 is 33.0 Å². The number of sulfonamides is 1. The van der Waals surface area contributed by atoms with Crippen LogP contribution in [0.5, 0.6) is 0 Å². The van der Waals surface area contributed by atoms with Crippen molar-refractivity contribution < 1.29 is 17.6 Å². The molecule has 1 heterocycles. The van der Waals surface area contributed by atoms with Gasteiger partial charge in [-0.3, -0.25) is 4.79 Å². The zero-order valence-electron chi connectivity index (χ0n) is 12.0. The lowest BCUT2D eigenvalue weighted by atomic mass is 10.2. The molecule has 2 rings (SSSR count). The van der Waals surface area contributed by atoms with Crippen LogP contribution in [0.1, 0.15) is 11.8 Å². The predicted molar refractivity (Wildman–Crippen MR) is 83.9 cm³/mol. The molecule has 0 aliphatic heterocycles. The number of thiophene rings is 1. The van der Waals surface area contributed by atoms with Crippen LogP contribution in [-0.4, -0.2) is 20.4 Å². The van der Waals surface area contributed by atoms with Crippen LogP contribution >= 0.6 is 11.3 Å². The van der Waals surface area contributed by atoms with Crippen LogP contribution in [0.25, 0.3) is 0 Å². The third-order valence-corrected chi connectivity index (χ3v) is 5.87. The molecule has 0 aliphatic rings. The van der Waals surface area contributed by atoms with Crippen LogP contribution in [0.15, 0.2) is 40.6 Å². The van der Waals surface area contributed by atoms with Crippen molar-refractivity contribution in [3.63, 3.8) is 0 Å². The first kappa shape index (κ1) is 16.6. The molecule has 0 radical (unpaired) electrons. The smallest absolute Gasteiger partial charge is 0.250 e. The van der Waals surface area contributed by atoms with E-state index in [1.807, 2.05) is 0 Å². The number of hydrogen-bond acceptors (Lipinski definition) is 4. The number of amides is 1. The zero-order chi connectivity index (χ0) is 16.3. The van der Waals surface area contributed by atoms with E-state index < -0.39 is 27.8 Å². The average Bonchev–Trinajstić information content (AvgIpc) is 2.88. The molecule has 5 nitrogen and oxygen atoms in total. The first-order valence-corrected chi connectivity index (χ1v) is 8.74. The summed E-state index contributed by atoms with van der Waals surface area (Å²) in [4.78, 5) is 12.8. The maximum Gasteiger partial charge on any atom is 0.250 e. The molecule has 0 bridgehead atoms. The maximum atomic E-state index is 13.5. The molecule has 2 N–H and O–H groups in total. The highest BCUT2D eigenvalue weighted by atomic mass is 32.2. The van der Waals surface area contributed by atoms with E-state index in [9.17, 15) is 17.6 Å². The number of benzene rings is 1. The monoisotopic (exact) mass is 342 g/mol. The van der Waals surface area contributed by atoms with Crippen LogP contribution in [0.3, 0.4) is 0 Å². The average molecular weight is 342 g/mol. The SMILES string of the molecule is Cc1ccc(S(=O)(=O)NC(C)C(=O)Nc2ccccc2F)s1. The summed E-state index contributed by atoms with van der Waals surface area (Å²) in [6.45, 7) is 3.19. The molecule has 0 saturated carbocycles. The minimum absolute atomic E-state index is 0.00511. The van der Waals surface area contributed by atoms with Crippen molar-refractivity contribution in [3.05, 3.63) is 47.1 Å². The molecule has 118 valence electrons. The summed E-state index contributed by atoms with van der Waals surface area (Å²) in [5.74, 6) is -1.22.